The number of fused-ring (bicyclic) bond motifs is 13. The smallest absolute Gasteiger partial charge is 0.253 e. The van der Waals surface area contributed by atoms with Gasteiger partial charge in [0.25, 0.3) is 11.8 Å². The number of carbonyl (C=O) groups is 2. The van der Waals surface area contributed by atoms with Crippen molar-refractivity contribution < 1.29 is 19.1 Å². The average Bonchev–Trinajstić information content (AvgIpc) is 3.67. The molecule has 6 aromatic rings. The van der Waals surface area contributed by atoms with Crippen LogP contribution in [0.25, 0.3) is 43.6 Å². The molecule has 2 bridgehead atoms. The number of amides is 2. The number of aromatic nitrogens is 2. The van der Waals surface area contributed by atoms with Gasteiger partial charge in [-0.25, -0.2) is 0 Å². The lowest BCUT2D eigenvalue weighted by molar-refractivity contribution is -0.264. The number of para-hydroxylation sites is 2. The van der Waals surface area contributed by atoms with E-state index >= 15 is 0 Å². The van der Waals surface area contributed by atoms with E-state index in [-0.39, 0.29) is 17.9 Å². The Morgan fingerprint density at radius 2 is 1.73 bits per heavy atom. The molecule has 44 heavy (non-hydrogen) atoms. The van der Waals surface area contributed by atoms with Crippen LogP contribution < -0.4 is 5.32 Å². The lowest BCUT2D eigenvalue weighted by Gasteiger charge is -2.50. The lowest BCUT2D eigenvalue weighted by atomic mass is 9.91. The minimum Gasteiger partial charge on any atom is -0.374 e. The zero-order chi connectivity index (χ0) is 30.1. The molecule has 1 fully saturated rings. The molecule has 2 aromatic heterocycles. The number of hydrogen-bond donors (Lipinski definition) is 1. The molecule has 0 unspecified atom stereocenters. The highest BCUT2D eigenvalue weighted by Crippen LogP contribution is 2.54. The van der Waals surface area contributed by atoms with Gasteiger partial charge in [0.2, 0.25) is 0 Å². The lowest BCUT2D eigenvalue weighted by Crippen LogP contribution is -2.61. The van der Waals surface area contributed by atoms with Gasteiger partial charge in [0.1, 0.15) is 12.3 Å². The van der Waals surface area contributed by atoms with Crippen molar-refractivity contribution in [1.29, 1.82) is 0 Å². The van der Waals surface area contributed by atoms with Gasteiger partial charge in [0, 0.05) is 54.2 Å². The van der Waals surface area contributed by atoms with Crippen molar-refractivity contribution in [3.63, 3.8) is 0 Å². The van der Waals surface area contributed by atoms with Gasteiger partial charge < -0.3 is 28.8 Å². The van der Waals surface area contributed by atoms with Crippen molar-refractivity contribution in [3.05, 3.63) is 95.1 Å². The molecule has 8 nitrogen and oxygen atoms in total. The summed E-state index contributed by atoms with van der Waals surface area (Å²) >= 11 is 0. The van der Waals surface area contributed by atoms with E-state index in [1.807, 2.05) is 67.4 Å². The summed E-state index contributed by atoms with van der Waals surface area (Å²) in [7, 11) is 3.59. The largest absolute Gasteiger partial charge is 0.374 e. The Kier molecular flexibility index (Phi) is 5.11. The van der Waals surface area contributed by atoms with Crippen LogP contribution in [0.15, 0.2) is 72.8 Å². The van der Waals surface area contributed by atoms with E-state index in [1.165, 1.54) is 0 Å². The summed E-state index contributed by atoms with van der Waals surface area (Å²) < 4.78 is 18.2. The minimum absolute atomic E-state index is 0.0443. The summed E-state index contributed by atoms with van der Waals surface area (Å²) in [6.45, 7) is 4.56. The first-order chi connectivity index (χ1) is 21.3. The molecule has 5 heterocycles. The highest BCUT2D eigenvalue weighted by atomic mass is 16.6. The van der Waals surface area contributed by atoms with E-state index in [0.29, 0.717) is 18.5 Å². The normalized spacial score (nSPS) is 23.9. The number of nitrogens with one attached hydrogen (secondary N) is 1. The molecule has 9 rings (SSSR count). The molecule has 0 aliphatic carbocycles. The van der Waals surface area contributed by atoms with Gasteiger partial charge in [0.15, 0.2) is 5.72 Å². The fourth-order valence-corrected chi connectivity index (χ4v) is 8.52. The van der Waals surface area contributed by atoms with E-state index in [4.69, 9.17) is 9.47 Å². The third-order valence-electron chi connectivity index (χ3n) is 10.3. The van der Waals surface area contributed by atoms with Gasteiger partial charge in [-0.1, -0.05) is 54.1 Å². The fraction of sp³-hybridized carbons (Fsp3) is 0.278. The molecule has 2 amide bonds. The summed E-state index contributed by atoms with van der Waals surface area (Å²) in [4.78, 5) is 29.4. The van der Waals surface area contributed by atoms with E-state index < -0.39 is 18.1 Å². The van der Waals surface area contributed by atoms with E-state index in [0.717, 1.165) is 60.3 Å². The first-order valence-corrected chi connectivity index (χ1v) is 15.2. The predicted octanol–water partition coefficient (Wildman–Crippen LogP) is 6.22. The van der Waals surface area contributed by atoms with Gasteiger partial charge in [-0.15, -0.1) is 0 Å². The number of benzene rings is 4. The number of methoxy groups -OCH3 is 1. The molecular formula is C36H32N4O4. The fourth-order valence-electron chi connectivity index (χ4n) is 8.52. The molecule has 3 aliphatic rings. The van der Waals surface area contributed by atoms with Crippen molar-refractivity contribution in [2.75, 3.05) is 14.2 Å². The molecule has 0 saturated carbocycles. The summed E-state index contributed by atoms with van der Waals surface area (Å²) in [6.07, 6.45) is -0.393. The third kappa shape index (κ3) is 3.04. The quantitative estimate of drug-likeness (QED) is 0.268. The highest BCUT2D eigenvalue weighted by Gasteiger charge is 2.55. The number of rotatable bonds is 3. The molecular weight excluding hydrogens is 552 g/mol. The third-order valence-corrected chi connectivity index (χ3v) is 10.3. The second-order valence-electron chi connectivity index (χ2n) is 12.6. The predicted molar refractivity (Wildman–Crippen MR) is 170 cm³/mol. The van der Waals surface area contributed by atoms with Crippen LogP contribution in [-0.4, -0.2) is 52.2 Å². The standard InChI is InChI=1S/C36H32N4O4/c1-19-10-9-11-20(16-19)35(42)38(3)26-17-27-39-24-14-7-5-12-21(24)29-30-23(18-37-34(30)41)28-22-13-6-8-15-25(22)40(32(28)31(29)39)36(2,44-27)33(26)43-4/h5-16,26-27,33H,17-18H2,1-4H3,(H,37,41)/t26-,27-,33-,36+/m1/s1. The van der Waals surface area contributed by atoms with Crippen LogP contribution in [0.5, 0.6) is 0 Å². The molecule has 4 aromatic carbocycles. The van der Waals surface area contributed by atoms with Crippen molar-refractivity contribution >= 4 is 55.4 Å². The summed E-state index contributed by atoms with van der Waals surface area (Å²) in [5.74, 6) is -0.0988. The minimum atomic E-state index is -0.984. The maximum absolute atomic E-state index is 14.0. The molecule has 220 valence electrons. The van der Waals surface area contributed by atoms with Crippen LogP contribution in [-0.2, 0) is 21.7 Å². The van der Waals surface area contributed by atoms with E-state index in [1.54, 1.807) is 7.11 Å². The van der Waals surface area contributed by atoms with Gasteiger partial charge in [-0.2, -0.15) is 0 Å². The maximum atomic E-state index is 14.0. The Hall–Kier alpha value is -4.66. The maximum Gasteiger partial charge on any atom is 0.253 e. The Bertz CT molecular complexity index is 2250. The zero-order valence-corrected chi connectivity index (χ0v) is 25.0. The summed E-state index contributed by atoms with van der Waals surface area (Å²) in [5, 5.41) is 7.25. The van der Waals surface area contributed by atoms with Gasteiger partial charge in [0.05, 0.1) is 33.7 Å². The molecule has 8 heteroatoms. The van der Waals surface area contributed by atoms with Crippen LogP contribution >= 0.6 is 0 Å². The topological polar surface area (TPSA) is 77.7 Å². The second kappa shape index (κ2) is 8.71. The number of ether oxygens (including phenoxy) is 2. The zero-order valence-electron chi connectivity index (χ0n) is 25.0. The van der Waals surface area contributed by atoms with Gasteiger partial charge >= 0.3 is 0 Å². The van der Waals surface area contributed by atoms with Crippen molar-refractivity contribution in [2.24, 2.45) is 0 Å². The van der Waals surface area contributed by atoms with Gasteiger partial charge in [-0.3, -0.25) is 9.59 Å². The highest BCUT2D eigenvalue weighted by molar-refractivity contribution is 6.31. The number of likely N-dealkylation sites (N-methyl/N-ethyl adjacent to an activating group) is 1. The molecule has 1 saturated heterocycles. The SMILES string of the molecule is CO[C@@H]1[C@H](N(C)C(=O)c2cccc(C)c2)C[C@H]2O[C@]1(C)n1c3ccccc3c3c4c(c5c6ccccc6n2c5c31)C(=O)NC4. The van der Waals surface area contributed by atoms with Crippen LogP contribution in [0.2, 0.25) is 0 Å². The Morgan fingerprint density at radius 3 is 2.48 bits per heavy atom. The molecule has 4 atom stereocenters. The van der Waals surface area contributed by atoms with Crippen molar-refractivity contribution in [3.8, 4) is 0 Å². The molecule has 3 aliphatic heterocycles. The van der Waals surface area contributed by atoms with Crippen LogP contribution in [0.1, 0.15) is 51.4 Å². The number of carbonyl (C=O) groups excluding carboxylic acids is 2. The molecule has 0 radical (unpaired) electrons. The number of hydrogen-bond acceptors (Lipinski definition) is 4. The molecule has 0 spiro atoms. The monoisotopic (exact) mass is 584 g/mol. The van der Waals surface area contributed by atoms with Crippen LogP contribution in [0, 0.1) is 6.92 Å². The first kappa shape index (κ1) is 25.8. The number of aryl methyl sites for hydroxylation is 1. The first-order valence-electron chi connectivity index (χ1n) is 15.2. The summed E-state index contributed by atoms with van der Waals surface area (Å²) in [5.41, 5.74) is 6.51. The average molecular weight is 585 g/mol. The Labute approximate surface area is 253 Å². The molecule has 1 N–H and O–H groups in total. The van der Waals surface area contributed by atoms with Crippen molar-refractivity contribution in [1.82, 2.24) is 19.4 Å². The van der Waals surface area contributed by atoms with E-state index in [2.05, 4.69) is 45.6 Å². The van der Waals surface area contributed by atoms with Crippen LogP contribution in [0.3, 0.4) is 0 Å². The number of nitrogens with zero attached hydrogens (tertiary/aromatic N) is 3. The summed E-state index contributed by atoms with van der Waals surface area (Å²) in [6, 6.07) is 24.0. The van der Waals surface area contributed by atoms with Crippen LogP contribution in [0.4, 0.5) is 0 Å². The second-order valence-corrected chi connectivity index (χ2v) is 12.6. The van der Waals surface area contributed by atoms with E-state index in [9.17, 15) is 9.59 Å². The Morgan fingerprint density at radius 1 is 1.00 bits per heavy atom. The van der Waals surface area contributed by atoms with Crippen molar-refractivity contribution in [2.45, 2.75) is 50.9 Å². The Balaban J connectivity index is 1.41. The van der Waals surface area contributed by atoms with Gasteiger partial charge in [-0.05, 0) is 43.7 Å².